The molecule has 0 aromatic heterocycles. The number of hydrogen-bond donors (Lipinski definition) is 3. The van der Waals surface area contributed by atoms with Crippen molar-refractivity contribution < 1.29 is 14.6 Å². The second kappa shape index (κ2) is 12.0. The van der Waals surface area contributed by atoms with E-state index in [1.165, 1.54) is 5.56 Å². The Hall–Kier alpha value is -0.890. The van der Waals surface area contributed by atoms with E-state index in [0.717, 1.165) is 38.0 Å². The minimum atomic E-state index is -0.475. The molecule has 0 unspecified atom stereocenters. The number of aliphatic hydroxyl groups is 1. The van der Waals surface area contributed by atoms with Crippen LogP contribution >= 0.6 is 24.8 Å². The Morgan fingerprint density at radius 2 is 1.71 bits per heavy atom. The maximum atomic E-state index is 12.6. The molecule has 1 amide bonds. The van der Waals surface area contributed by atoms with Gasteiger partial charge in [0.15, 0.2) is 0 Å². The van der Waals surface area contributed by atoms with Crippen molar-refractivity contribution in [3.05, 3.63) is 35.4 Å². The first-order valence-corrected chi connectivity index (χ1v) is 9.66. The zero-order chi connectivity index (χ0) is 18.4. The number of carbonyl (C=O) groups excluding carboxylic acids is 1. The zero-order valence-electron chi connectivity index (χ0n) is 16.3. The summed E-state index contributed by atoms with van der Waals surface area (Å²) in [6.07, 6.45) is 2.97. The van der Waals surface area contributed by atoms with Gasteiger partial charge in [0.25, 0.3) is 0 Å². The topological polar surface area (TPSA) is 87.8 Å². The summed E-state index contributed by atoms with van der Waals surface area (Å²) in [5.41, 5.74) is 7.77. The number of hydrogen-bond acceptors (Lipinski definition) is 5. The average Bonchev–Trinajstić information content (AvgIpc) is 2.69. The lowest BCUT2D eigenvalue weighted by Gasteiger charge is -2.34. The fraction of sp³-hybridized carbons (Fsp3) is 0.650. The van der Waals surface area contributed by atoms with Gasteiger partial charge in [-0.25, -0.2) is 0 Å². The first-order chi connectivity index (χ1) is 12.6. The van der Waals surface area contributed by atoms with Gasteiger partial charge in [-0.3, -0.25) is 9.69 Å². The van der Waals surface area contributed by atoms with E-state index in [2.05, 4.69) is 34.5 Å². The molecule has 160 valence electrons. The van der Waals surface area contributed by atoms with Crippen LogP contribution in [0.2, 0.25) is 0 Å². The Bertz CT molecular complexity index is 587. The van der Waals surface area contributed by atoms with E-state index in [1.54, 1.807) is 0 Å². The van der Waals surface area contributed by atoms with Crippen molar-refractivity contribution in [1.29, 1.82) is 0 Å². The van der Waals surface area contributed by atoms with Crippen LogP contribution in [0.4, 0.5) is 0 Å². The molecule has 2 heterocycles. The van der Waals surface area contributed by atoms with Crippen molar-refractivity contribution in [3.63, 3.8) is 0 Å². The molecule has 1 aromatic rings. The number of aliphatic hydroxyl groups excluding tert-OH is 1. The van der Waals surface area contributed by atoms with Crippen molar-refractivity contribution in [1.82, 2.24) is 10.2 Å². The van der Waals surface area contributed by atoms with Gasteiger partial charge in [-0.2, -0.15) is 0 Å². The molecule has 8 heteroatoms. The largest absolute Gasteiger partial charge is 0.393 e. The monoisotopic (exact) mass is 433 g/mol. The minimum absolute atomic E-state index is 0. The number of likely N-dealkylation sites (tertiary alicyclic amines) is 1. The van der Waals surface area contributed by atoms with Crippen LogP contribution in [0.15, 0.2) is 24.3 Å². The molecule has 0 spiro atoms. The summed E-state index contributed by atoms with van der Waals surface area (Å²) in [5, 5.41) is 12.6. The molecule has 2 saturated heterocycles. The Morgan fingerprint density at radius 3 is 2.29 bits per heavy atom. The summed E-state index contributed by atoms with van der Waals surface area (Å²) >= 11 is 0. The molecule has 0 aliphatic carbocycles. The first-order valence-electron chi connectivity index (χ1n) is 9.66. The second-order valence-corrected chi connectivity index (χ2v) is 7.60. The number of halogens is 2. The quantitative estimate of drug-likeness (QED) is 0.636. The number of nitrogens with one attached hydrogen (secondary N) is 1. The van der Waals surface area contributed by atoms with Gasteiger partial charge in [0.2, 0.25) is 5.91 Å². The normalized spacial score (nSPS) is 19.9. The average molecular weight is 434 g/mol. The highest BCUT2D eigenvalue weighted by Gasteiger charge is 2.38. The van der Waals surface area contributed by atoms with Crippen LogP contribution < -0.4 is 11.1 Å². The molecule has 1 aromatic carbocycles. The van der Waals surface area contributed by atoms with Crippen molar-refractivity contribution in [2.45, 2.75) is 44.9 Å². The van der Waals surface area contributed by atoms with E-state index in [9.17, 15) is 9.90 Å². The standard InChI is InChI=1S/C20H31N3O3.2ClH/c21-15-20(7-11-26-12-8-20)19(25)22-13-16-1-3-17(4-2-16)14-23-9-5-18(24)6-10-23;;/h1-4,18,24H,5-15,21H2,(H,22,25);2*1H. The van der Waals surface area contributed by atoms with E-state index in [1.807, 2.05) is 0 Å². The number of amides is 1. The Labute approximate surface area is 180 Å². The van der Waals surface area contributed by atoms with Gasteiger partial charge >= 0.3 is 0 Å². The Kier molecular flexibility index (Phi) is 10.7. The molecule has 2 fully saturated rings. The van der Waals surface area contributed by atoms with Gasteiger partial charge in [0.1, 0.15) is 0 Å². The number of benzene rings is 1. The highest BCUT2D eigenvalue weighted by Crippen LogP contribution is 2.29. The van der Waals surface area contributed by atoms with E-state index >= 15 is 0 Å². The van der Waals surface area contributed by atoms with Gasteiger partial charge in [0, 0.05) is 45.9 Å². The van der Waals surface area contributed by atoms with E-state index in [0.29, 0.717) is 39.1 Å². The van der Waals surface area contributed by atoms with Gasteiger partial charge < -0.3 is 20.9 Å². The molecule has 0 saturated carbocycles. The maximum Gasteiger partial charge on any atom is 0.227 e. The summed E-state index contributed by atoms with van der Waals surface area (Å²) in [7, 11) is 0. The van der Waals surface area contributed by atoms with Gasteiger partial charge in [-0.05, 0) is 36.8 Å². The second-order valence-electron chi connectivity index (χ2n) is 7.60. The van der Waals surface area contributed by atoms with Crippen LogP contribution in [0.3, 0.4) is 0 Å². The number of piperidine rings is 1. The number of nitrogens with zero attached hydrogens (tertiary/aromatic N) is 1. The lowest BCUT2D eigenvalue weighted by atomic mass is 9.79. The van der Waals surface area contributed by atoms with Crippen LogP contribution in [0.25, 0.3) is 0 Å². The van der Waals surface area contributed by atoms with Gasteiger partial charge in [-0.1, -0.05) is 24.3 Å². The molecule has 0 bridgehead atoms. The molecule has 0 atom stereocenters. The third kappa shape index (κ3) is 6.58. The third-order valence-corrected chi connectivity index (χ3v) is 5.76. The van der Waals surface area contributed by atoms with E-state index in [-0.39, 0.29) is 36.8 Å². The SMILES string of the molecule is Cl.Cl.NCC1(C(=O)NCc2ccc(CN3CCC(O)CC3)cc2)CCOCC1. The van der Waals surface area contributed by atoms with Crippen LogP contribution in [0.5, 0.6) is 0 Å². The highest BCUT2D eigenvalue weighted by molar-refractivity contribution is 5.85. The molecule has 28 heavy (non-hydrogen) atoms. The molecule has 0 radical (unpaired) electrons. The van der Waals surface area contributed by atoms with E-state index < -0.39 is 5.41 Å². The van der Waals surface area contributed by atoms with Crippen LogP contribution in [0.1, 0.15) is 36.8 Å². The van der Waals surface area contributed by atoms with Crippen molar-refractivity contribution in [2.24, 2.45) is 11.1 Å². The number of nitrogens with two attached hydrogens (primary N) is 1. The summed E-state index contributed by atoms with van der Waals surface area (Å²) in [6, 6.07) is 8.40. The number of carbonyl (C=O) groups is 1. The molecule has 3 rings (SSSR count). The molecule has 4 N–H and O–H groups in total. The third-order valence-electron chi connectivity index (χ3n) is 5.76. The number of rotatable bonds is 6. The van der Waals surface area contributed by atoms with Gasteiger partial charge in [0.05, 0.1) is 11.5 Å². The predicted molar refractivity (Wildman–Crippen MR) is 115 cm³/mol. The Balaban J connectivity index is 0.00000196. The maximum absolute atomic E-state index is 12.6. The predicted octanol–water partition coefficient (Wildman–Crippen LogP) is 1.86. The fourth-order valence-electron chi connectivity index (χ4n) is 3.75. The van der Waals surface area contributed by atoms with Crippen molar-refractivity contribution >= 4 is 30.7 Å². The summed E-state index contributed by atoms with van der Waals surface area (Å²) < 4.78 is 5.37. The van der Waals surface area contributed by atoms with Crippen LogP contribution in [-0.2, 0) is 22.6 Å². The van der Waals surface area contributed by atoms with E-state index in [4.69, 9.17) is 10.5 Å². The molecular weight excluding hydrogens is 401 g/mol. The summed E-state index contributed by atoms with van der Waals surface area (Å²) in [5.74, 6) is 0.0410. The van der Waals surface area contributed by atoms with Gasteiger partial charge in [-0.15, -0.1) is 24.8 Å². The number of ether oxygens (including phenoxy) is 1. The highest BCUT2D eigenvalue weighted by atomic mass is 35.5. The summed E-state index contributed by atoms with van der Waals surface area (Å²) in [6.45, 7) is 4.91. The van der Waals surface area contributed by atoms with Crippen LogP contribution in [0, 0.1) is 5.41 Å². The van der Waals surface area contributed by atoms with Crippen molar-refractivity contribution in [3.8, 4) is 0 Å². The molecule has 2 aliphatic heterocycles. The lowest BCUT2D eigenvalue weighted by Crippen LogP contribution is -2.48. The fourth-order valence-corrected chi connectivity index (χ4v) is 3.75. The molecule has 2 aliphatic rings. The minimum Gasteiger partial charge on any atom is -0.393 e. The van der Waals surface area contributed by atoms with Crippen molar-refractivity contribution in [2.75, 3.05) is 32.8 Å². The smallest absolute Gasteiger partial charge is 0.227 e. The molecular formula is C20H33Cl2N3O3. The molecule has 6 nitrogen and oxygen atoms in total. The summed E-state index contributed by atoms with van der Waals surface area (Å²) in [4.78, 5) is 15.0. The zero-order valence-corrected chi connectivity index (χ0v) is 17.9. The Morgan fingerprint density at radius 1 is 1.14 bits per heavy atom. The van der Waals surface area contributed by atoms with Crippen LogP contribution in [-0.4, -0.2) is 54.9 Å². The lowest BCUT2D eigenvalue weighted by molar-refractivity contribution is -0.136. The first kappa shape index (κ1) is 25.1.